The lowest BCUT2D eigenvalue weighted by Crippen LogP contribution is -2.10. The zero-order chi connectivity index (χ0) is 17.4. The Morgan fingerprint density at radius 3 is 2.50 bits per heavy atom. The highest BCUT2D eigenvalue weighted by Crippen LogP contribution is 2.26. The lowest BCUT2D eigenvalue weighted by atomic mass is 10.2. The number of carbonyl (C=O) groups is 1. The molecule has 0 aliphatic rings. The van der Waals surface area contributed by atoms with Crippen molar-refractivity contribution in [3.05, 3.63) is 53.6 Å². The Balaban J connectivity index is 1.71. The van der Waals surface area contributed by atoms with Gasteiger partial charge in [-0.05, 0) is 56.2 Å². The summed E-state index contributed by atoms with van der Waals surface area (Å²) in [5, 5.41) is 8.64. The summed E-state index contributed by atoms with van der Waals surface area (Å²) in [6, 6.07) is 13.9. The lowest BCUT2D eigenvalue weighted by molar-refractivity contribution is -0.139. The van der Waals surface area contributed by atoms with Crippen molar-refractivity contribution < 1.29 is 19.4 Å². The minimum Gasteiger partial charge on any atom is -0.494 e. The van der Waals surface area contributed by atoms with E-state index >= 15 is 0 Å². The molecule has 2 rings (SSSR count). The average molecular weight is 346 g/mol. The van der Waals surface area contributed by atoms with Crippen LogP contribution in [0.15, 0.2) is 47.4 Å². The Morgan fingerprint density at radius 1 is 1.08 bits per heavy atom. The first-order valence-electron chi connectivity index (χ1n) is 7.82. The monoisotopic (exact) mass is 346 g/mol. The molecule has 0 aliphatic carbocycles. The van der Waals surface area contributed by atoms with Crippen LogP contribution in [0.1, 0.15) is 17.5 Å². The van der Waals surface area contributed by atoms with E-state index in [2.05, 4.69) is 6.92 Å². The van der Waals surface area contributed by atoms with Gasteiger partial charge in [-0.2, -0.15) is 0 Å². The standard InChI is InChI=1S/C19H22O4S/c1-14-4-6-16(7-5-14)22-10-3-11-24-17-8-9-18(15(2)12-17)23-13-19(20)21/h4-9,12H,3,10-11,13H2,1-2H3,(H,20,21). The van der Waals surface area contributed by atoms with Gasteiger partial charge in [-0.3, -0.25) is 0 Å². The largest absolute Gasteiger partial charge is 0.494 e. The number of hydrogen-bond donors (Lipinski definition) is 1. The van der Waals surface area contributed by atoms with Gasteiger partial charge in [-0.15, -0.1) is 11.8 Å². The van der Waals surface area contributed by atoms with Gasteiger partial charge in [0, 0.05) is 10.6 Å². The Morgan fingerprint density at radius 2 is 1.83 bits per heavy atom. The minimum atomic E-state index is -0.971. The summed E-state index contributed by atoms with van der Waals surface area (Å²) in [4.78, 5) is 11.7. The first-order valence-corrected chi connectivity index (χ1v) is 8.80. The lowest BCUT2D eigenvalue weighted by Gasteiger charge is -2.09. The molecule has 2 aromatic rings. The van der Waals surface area contributed by atoms with Crippen molar-refractivity contribution in [2.24, 2.45) is 0 Å². The van der Waals surface area contributed by atoms with Crippen molar-refractivity contribution in [3.8, 4) is 11.5 Å². The molecule has 128 valence electrons. The molecule has 0 saturated carbocycles. The molecule has 0 aromatic heterocycles. The summed E-state index contributed by atoms with van der Waals surface area (Å²) in [6.07, 6.45) is 0.953. The number of thioether (sulfide) groups is 1. The van der Waals surface area contributed by atoms with E-state index in [4.69, 9.17) is 14.6 Å². The molecule has 0 aliphatic heterocycles. The smallest absolute Gasteiger partial charge is 0.341 e. The normalized spacial score (nSPS) is 10.4. The number of rotatable bonds is 9. The van der Waals surface area contributed by atoms with Crippen LogP contribution in [0.4, 0.5) is 0 Å². The molecule has 0 bridgehead atoms. The summed E-state index contributed by atoms with van der Waals surface area (Å²) < 4.78 is 10.9. The van der Waals surface area contributed by atoms with Gasteiger partial charge in [0.2, 0.25) is 0 Å². The Kier molecular flexibility index (Phi) is 7.00. The number of aryl methyl sites for hydroxylation is 2. The minimum absolute atomic E-state index is 0.316. The molecule has 0 heterocycles. The van der Waals surface area contributed by atoms with Crippen molar-refractivity contribution >= 4 is 17.7 Å². The van der Waals surface area contributed by atoms with E-state index in [1.807, 2.05) is 49.4 Å². The third kappa shape index (κ3) is 6.16. The topological polar surface area (TPSA) is 55.8 Å². The quantitative estimate of drug-likeness (QED) is 0.541. The van der Waals surface area contributed by atoms with E-state index in [9.17, 15) is 4.79 Å². The third-order valence-electron chi connectivity index (χ3n) is 3.34. The van der Waals surface area contributed by atoms with Gasteiger partial charge in [-0.1, -0.05) is 17.7 Å². The first kappa shape index (κ1) is 18.2. The van der Waals surface area contributed by atoms with Crippen LogP contribution in [-0.4, -0.2) is 30.0 Å². The molecule has 1 N–H and O–H groups in total. The SMILES string of the molecule is Cc1ccc(OCCCSc2ccc(OCC(=O)O)c(C)c2)cc1. The van der Waals surface area contributed by atoms with Crippen LogP contribution in [-0.2, 0) is 4.79 Å². The van der Waals surface area contributed by atoms with E-state index in [1.54, 1.807) is 11.8 Å². The van der Waals surface area contributed by atoms with E-state index in [0.717, 1.165) is 28.4 Å². The van der Waals surface area contributed by atoms with Crippen molar-refractivity contribution in [2.45, 2.75) is 25.2 Å². The zero-order valence-electron chi connectivity index (χ0n) is 14.0. The van der Waals surface area contributed by atoms with E-state index in [1.165, 1.54) is 5.56 Å². The number of hydrogen-bond acceptors (Lipinski definition) is 4. The molecule has 0 spiro atoms. The molecule has 0 atom stereocenters. The number of ether oxygens (including phenoxy) is 2. The van der Waals surface area contributed by atoms with E-state index in [-0.39, 0.29) is 6.61 Å². The summed E-state index contributed by atoms with van der Waals surface area (Å²) in [5.41, 5.74) is 2.17. The maximum absolute atomic E-state index is 10.5. The molecule has 24 heavy (non-hydrogen) atoms. The van der Waals surface area contributed by atoms with Gasteiger partial charge in [0.15, 0.2) is 6.61 Å². The van der Waals surface area contributed by atoms with Gasteiger partial charge >= 0.3 is 5.97 Å². The Labute approximate surface area is 146 Å². The van der Waals surface area contributed by atoms with E-state index < -0.39 is 5.97 Å². The predicted molar refractivity (Wildman–Crippen MR) is 96.3 cm³/mol. The van der Waals surface area contributed by atoms with Crippen molar-refractivity contribution in [2.75, 3.05) is 19.0 Å². The molecule has 0 unspecified atom stereocenters. The second-order valence-corrected chi connectivity index (χ2v) is 6.64. The molecular weight excluding hydrogens is 324 g/mol. The number of benzene rings is 2. The summed E-state index contributed by atoms with van der Waals surface area (Å²) in [5.74, 6) is 1.51. The van der Waals surface area contributed by atoms with Gasteiger partial charge in [0.25, 0.3) is 0 Å². The molecule has 2 aromatic carbocycles. The molecule has 0 amide bonds. The van der Waals surface area contributed by atoms with Crippen LogP contribution < -0.4 is 9.47 Å². The van der Waals surface area contributed by atoms with Crippen LogP contribution in [0, 0.1) is 13.8 Å². The van der Waals surface area contributed by atoms with Crippen LogP contribution in [0.3, 0.4) is 0 Å². The second kappa shape index (κ2) is 9.23. The molecule has 0 fully saturated rings. The summed E-state index contributed by atoms with van der Waals surface area (Å²) >= 11 is 1.75. The molecular formula is C19H22O4S. The third-order valence-corrected chi connectivity index (χ3v) is 4.42. The predicted octanol–water partition coefficient (Wildman–Crippen LogP) is 4.33. The molecule has 0 saturated heterocycles. The molecule has 4 nitrogen and oxygen atoms in total. The van der Waals surface area contributed by atoms with Gasteiger partial charge in [-0.25, -0.2) is 4.79 Å². The van der Waals surface area contributed by atoms with Gasteiger partial charge in [0.1, 0.15) is 11.5 Å². The van der Waals surface area contributed by atoms with E-state index in [0.29, 0.717) is 12.4 Å². The fourth-order valence-corrected chi connectivity index (χ4v) is 3.01. The van der Waals surface area contributed by atoms with Crippen molar-refractivity contribution in [3.63, 3.8) is 0 Å². The Bertz CT molecular complexity index is 668. The highest BCUT2D eigenvalue weighted by atomic mass is 32.2. The average Bonchev–Trinajstić information content (AvgIpc) is 2.55. The van der Waals surface area contributed by atoms with Crippen LogP contribution >= 0.6 is 11.8 Å². The number of carboxylic acids is 1. The first-order chi connectivity index (χ1) is 11.5. The Hall–Kier alpha value is -2.14. The van der Waals surface area contributed by atoms with Gasteiger partial charge < -0.3 is 14.6 Å². The van der Waals surface area contributed by atoms with Crippen LogP contribution in [0.25, 0.3) is 0 Å². The fourth-order valence-electron chi connectivity index (χ4n) is 2.09. The van der Waals surface area contributed by atoms with Crippen LogP contribution in [0.2, 0.25) is 0 Å². The van der Waals surface area contributed by atoms with Crippen molar-refractivity contribution in [1.29, 1.82) is 0 Å². The number of aliphatic carboxylic acids is 1. The van der Waals surface area contributed by atoms with Crippen LogP contribution in [0.5, 0.6) is 11.5 Å². The van der Waals surface area contributed by atoms with Gasteiger partial charge in [0.05, 0.1) is 6.61 Å². The maximum atomic E-state index is 10.5. The second-order valence-electron chi connectivity index (χ2n) is 5.47. The maximum Gasteiger partial charge on any atom is 0.341 e. The molecule has 5 heteroatoms. The summed E-state index contributed by atoms with van der Waals surface area (Å²) in [6.45, 7) is 4.35. The summed E-state index contributed by atoms with van der Waals surface area (Å²) in [7, 11) is 0. The highest BCUT2D eigenvalue weighted by molar-refractivity contribution is 7.99. The fraction of sp³-hybridized carbons (Fsp3) is 0.316. The highest BCUT2D eigenvalue weighted by Gasteiger charge is 2.04. The molecule has 0 radical (unpaired) electrons. The zero-order valence-corrected chi connectivity index (χ0v) is 14.8. The van der Waals surface area contributed by atoms with Crippen molar-refractivity contribution in [1.82, 2.24) is 0 Å². The number of carboxylic acid groups (broad SMARTS) is 1.